The van der Waals surface area contributed by atoms with Crippen LogP contribution >= 0.6 is 12.2 Å². The Labute approximate surface area is 149 Å². The quantitative estimate of drug-likeness (QED) is 0.784. The molecule has 0 radical (unpaired) electrons. The van der Waals surface area contributed by atoms with Crippen molar-refractivity contribution in [2.75, 3.05) is 33.1 Å². The van der Waals surface area contributed by atoms with Crippen molar-refractivity contribution in [2.45, 2.75) is 13.0 Å². The van der Waals surface area contributed by atoms with Crippen LogP contribution in [0.3, 0.4) is 0 Å². The predicted octanol–water partition coefficient (Wildman–Crippen LogP) is 3.59. The zero-order valence-electron chi connectivity index (χ0n) is 14.7. The fraction of sp³-hybridized carbons (Fsp3) is 0.316. The van der Waals surface area contributed by atoms with Crippen molar-refractivity contribution in [3.63, 3.8) is 0 Å². The molecule has 128 valence electrons. The van der Waals surface area contributed by atoms with Crippen LogP contribution in [0.15, 0.2) is 48.5 Å². The highest BCUT2D eigenvalue weighted by molar-refractivity contribution is 7.80. The number of hydrogen-bond acceptors (Lipinski definition) is 3. The molecular weight excluding hydrogens is 318 g/mol. The molecule has 2 aromatic carbocycles. The maximum absolute atomic E-state index is 5.41. The predicted molar refractivity (Wildman–Crippen MR) is 105 cm³/mol. The molecule has 0 aromatic heterocycles. The number of thiocarbonyl (C=S) groups is 1. The van der Waals surface area contributed by atoms with E-state index in [9.17, 15) is 0 Å². The molecule has 1 atom stereocenters. The van der Waals surface area contributed by atoms with Gasteiger partial charge < -0.3 is 20.3 Å². The molecule has 0 aliphatic rings. The maximum Gasteiger partial charge on any atom is 0.170 e. The van der Waals surface area contributed by atoms with E-state index in [1.165, 1.54) is 11.1 Å². The van der Waals surface area contributed by atoms with E-state index < -0.39 is 0 Å². The minimum absolute atomic E-state index is 0.192. The van der Waals surface area contributed by atoms with Crippen molar-refractivity contribution < 1.29 is 4.74 Å². The third kappa shape index (κ3) is 5.22. The highest BCUT2D eigenvalue weighted by atomic mass is 32.1. The average molecular weight is 343 g/mol. The Balaban J connectivity index is 1.98. The molecule has 0 spiro atoms. The van der Waals surface area contributed by atoms with Crippen molar-refractivity contribution >= 4 is 23.0 Å². The largest absolute Gasteiger partial charge is 0.497 e. The molecular formula is C19H25N3OS. The van der Waals surface area contributed by atoms with E-state index >= 15 is 0 Å². The van der Waals surface area contributed by atoms with E-state index in [-0.39, 0.29) is 6.04 Å². The van der Waals surface area contributed by atoms with Crippen LogP contribution in [0.1, 0.15) is 17.2 Å². The fourth-order valence-electron chi connectivity index (χ4n) is 2.45. The number of benzene rings is 2. The van der Waals surface area contributed by atoms with Gasteiger partial charge in [-0.2, -0.15) is 0 Å². The molecule has 0 saturated heterocycles. The Bertz CT molecular complexity index is 671. The molecule has 5 heteroatoms. The molecule has 0 amide bonds. The summed E-state index contributed by atoms with van der Waals surface area (Å²) in [4.78, 5) is 2.16. The topological polar surface area (TPSA) is 36.5 Å². The molecule has 0 aliphatic carbocycles. The number of nitrogens with one attached hydrogen (secondary N) is 2. The number of anilines is 1. The van der Waals surface area contributed by atoms with E-state index in [1.807, 2.05) is 24.3 Å². The first kappa shape index (κ1) is 18.2. The summed E-state index contributed by atoms with van der Waals surface area (Å²) in [7, 11) is 5.80. The lowest BCUT2D eigenvalue weighted by Crippen LogP contribution is -2.36. The first-order chi connectivity index (χ1) is 11.5. The average Bonchev–Trinajstić information content (AvgIpc) is 2.57. The summed E-state index contributed by atoms with van der Waals surface area (Å²) in [5.74, 6) is 0.861. The van der Waals surface area contributed by atoms with Gasteiger partial charge in [-0.15, -0.1) is 0 Å². The third-order valence-electron chi connectivity index (χ3n) is 3.87. The van der Waals surface area contributed by atoms with Gasteiger partial charge >= 0.3 is 0 Å². The number of rotatable bonds is 6. The van der Waals surface area contributed by atoms with Gasteiger partial charge in [-0.3, -0.25) is 0 Å². The van der Waals surface area contributed by atoms with Crippen LogP contribution in [0.25, 0.3) is 0 Å². The van der Waals surface area contributed by atoms with Gasteiger partial charge in [0.15, 0.2) is 5.11 Å². The summed E-state index contributed by atoms with van der Waals surface area (Å²) in [6.45, 7) is 2.77. The smallest absolute Gasteiger partial charge is 0.170 e. The second-order valence-corrected chi connectivity index (χ2v) is 6.37. The van der Waals surface area contributed by atoms with Gasteiger partial charge in [0, 0.05) is 12.2 Å². The molecule has 0 bridgehead atoms. The van der Waals surface area contributed by atoms with Crippen LogP contribution in [0.5, 0.6) is 5.75 Å². The lowest BCUT2D eigenvalue weighted by atomic mass is 10.1. The lowest BCUT2D eigenvalue weighted by molar-refractivity contribution is 0.298. The second-order valence-electron chi connectivity index (χ2n) is 5.96. The monoisotopic (exact) mass is 343 g/mol. The second kappa shape index (κ2) is 8.66. The number of hydrogen-bond donors (Lipinski definition) is 2. The molecule has 0 heterocycles. The number of methoxy groups -OCH3 is 1. The lowest BCUT2D eigenvalue weighted by Gasteiger charge is -2.26. The van der Waals surface area contributed by atoms with Gasteiger partial charge in [0.2, 0.25) is 0 Å². The minimum Gasteiger partial charge on any atom is -0.497 e. The Morgan fingerprint density at radius 3 is 2.50 bits per heavy atom. The van der Waals surface area contributed by atoms with Gasteiger partial charge in [-0.25, -0.2) is 0 Å². The van der Waals surface area contributed by atoms with E-state index in [0.29, 0.717) is 11.7 Å². The van der Waals surface area contributed by atoms with Gasteiger partial charge in [0.05, 0.1) is 13.2 Å². The number of ether oxygens (including phenoxy) is 1. The van der Waals surface area contributed by atoms with Crippen molar-refractivity contribution in [3.8, 4) is 5.75 Å². The molecule has 24 heavy (non-hydrogen) atoms. The summed E-state index contributed by atoms with van der Waals surface area (Å²) in [6, 6.07) is 16.5. The Kier molecular flexibility index (Phi) is 6.58. The highest BCUT2D eigenvalue weighted by Crippen LogP contribution is 2.22. The maximum atomic E-state index is 5.41. The summed E-state index contributed by atoms with van der Waals surface area (Å²) in [5, 5.41) is 7.13. The number of likely N-dealkylation sites (N-methyl/N-ethyl adjacent to an activating group) is 1. The zero-order valence-corrected chi connectivity index (χ0v) is 15.5. The SMILES string of the molecule is COc1cccc([C@H](CNC(=S)Nc2ccc(C)cc2)N(C)C)c1. The third-order valence-corrected chi connectivity index (χ3v) is 4.11. The Hall–Kier alpha value is -2.11. The molecule has 0 unspecified atom stereocenters. The van der Waals surface area contributed by atoms with Crippen LogP contribution in [-0.4, -0.2) is 37.8 Å². The standard InChI is InChI=1S/C19H25N3OS/c1-14-8-10-16(11-9-14)21-19(24)20-13-18(22(2)3)15-6-5-7-17(12-15)23-4/h5-12,18H,13H2,1-4H3,(H2,20,21,24)/t18-/m0/s1. The normalized spacial score (nSPS) is 11.9. The highest BCUT2D eigenvalue weighted by Gasteiger charge is 2.15. The summed E-state index contributed by atoms with van der Waals surface area (Å²) < 4.78 is 5.32. The molecule has 0 fully saturated rings. The Morgan fingerprint density at radius 1 is 1.17 bits per heavy atom. The summed E-state index contributed by atoms with van der Waals surface area (Å²) >= 11 is 5.41. The van der Waals surface area contributed by atoms with Gasteiger partial charge in [-0.05, 0) is 63.1 Å². The van der Waals surface area contributed by atoms with Crippen LogP contribution in [0.4, 0.5) is 5.69 Å². The molecule has 0 saturated carbocycles. The molecule has 4 nitrogen and oxygen atoms in total. The van der Waals surface area contributed by atoms with E-state index in [0.717, 1.165) is 11.4 Å². The first-order valence-corrected chi connectivity index (χ1v) is 8.32. The van der Waals surface area contributed by atoms with Crippen LogP contribution in [0, 0.1) is 6.92 Å². The van der Waals surface area contributed by atoms with Crippen LogP contribution in [-0.2, 0) is 0 Å². The van der Waals surface area contributed by atoms with Crippen molar-refractivity contribution in [1.29, 1.82) is 0 Å². The van der Waals surface area contributed by atoms with Crippen molar-refractivity contribution in [3.05, 3.63) is 59.7 Å². The number of nitrogens with zero attached hydrogens (tertiary/aromatic N) is 1. The van der Waals surface area contributed by atoms with E-state index in [2.05, 4.69) is 60.8 Å². The van der Waals surface area contributed by atoms with Crippen molar-refractivity contribution in [2.24, 2.45) is 0 Å². The molecule has 2 rings (SSSR count). The first-order valence-electron chi connectivity index (χ1n) is 7.91. The van der Waals surface area contributed by atoms with Gasteiger partial charge in [0.1, 0.15) is 5.75 Å². The summed E-state index contributed by atoms with van der Waals surface area (Å²) in [6.07, 6.45) is 0. The minimum atomic E-state index is 0.192. The van der Waals surface area contributed by atoms with Crippen LogP contribution in [0.2, 0.25) is 0 Å². The zero-order chi connectivity index (χ0) is 17.5. The van der Waals surface area contributed by atoms with Gasteiger partial charge in [-0.1, -0.05) is 29.8 Å². The molecule has 2 N–H and O–H groups in total. The van der Waals surface area contributed by atoms with Gasteiger partial charge in [0.25, 0.3) is 0 Å². The number of aryl methyl sites for hydroxylation is 1. The van der Waals surface area contributed by atoms with Crippen LogP contribution < -0.4 is 15.4 Å². The van der Waals surface area contributed by atoms with Crippen molar-refractivity contribution in [1.82, 2.24) is 10.2 Å². The van der Waals surface area contributed by atoms with E-state index in [4.69, 9.17) is 17.0 Å². The molecule has 2 aromatic rings. The van der Waals surface area contributed by atoms with E-state index in [1.54, 1.807) is 7.11 Å². The Morgan fingerprint density at radius 2 is 1.88 bits per heavy atom. The molecule has 0 aliphatic heterocycles. The fourth-order valence-corrected chi connectivity index (χ4v) is 2.65. The summed E-state index contributed by atoms with van der Waals surface area (Å²) in [5.41, 5.74) is 3.40.